The Kier molecular flexibility index (Phi) is 4.34. The lowest BCUT2D eigenvalue weighted by molar-refractivity contribution is 0.442. The first-order valence-electron chi connectivity index (χ1n) is 5.42. The van der Waals surface area contributed by atoms with Crippen LogP contribution < -0.4 is 5.73 Å². The second-order valence-corrected chi connectivity index (χ2v) is 5.51. The molecule has 15 heavy (non-hydrogen) atoms. The van der Waals surface area contributed by atoms with E-state index >= 15 is 0 Å². The molecule has 0 fully saturated rings. The van der Waals surface area contributed by atoms with Crippen molar-refractivity contribution >= 4 is 15.9 Å². The SMILES string of the molecule is CC(C)CC(N)c1c(Br)cnn1C(C)C. The highest BCUT2D eigenvalue weighted by atomic mass is 79.9. The van der Waals surface area contributed by atoms with Gasteiger partial charge in [-0.2, -0.15) is 5.10 Å². The van der Waals surface area contributed by atoms with Gasteiger partial charge in [-0.15, -0.1) is 0 Å². The largest absolute Gasteiger partial charge is 0.323 e. The van der Waals surface area contributed by atoms with Gasteiger partial charge in [0.1, 0.15) is 0 Å². The van der Waals surface area contributed by atoms with Crippen molar-refractivity contribution in [1.29, 1.82) is 0 Å². The average molecular weight is 274 g/mol. The fraction of sp³-hybridized carbons (Fsp3) is 0.727. The molecular weight excluding hydrogens is 254 g/mol. The van der Waals surface area contributed by atoms with Gasteiger partial charge >= 0.3 is 0 Å². The predicted molar refractivity (Wildman–Crippen MR) is 66.7 cm³/mol. The van der Waals surface area contributed by atoms with Crippen LogP contribution in [-0.2, 0) is 0 Å². The maximum Gasteiger partial charge on any atom is 0.0696 e. The number of halogens is 1. The lowest BCUT2D eigenvalue weighted by Crippen LogP contribution is -2.19. The van der Waals surface area contributed by atoms with Gasteiger partial charge in [0.2, 0.25) is 0 Å². The third-order valence-corrected chi connectivity index (χ3v) is 2.96. The van der Waals surface area contributed by atoms with Gasteiger partial charge in [0.15, 0.2) is 0 Å². The zero-order chi connectivity index (χ0) is 11.6. The zero-order valence-corrected chi connectivity index (χ0v) is 11.5. The van der Waals surface area contributed by atoms with Crippen molar-refractivity contribution in [3.8, 4) is 0 Å². The molecule has 0 amide bonds. The van der Waals surface area contributed by atoms with Crippen molar-refractivity contribution < 1.29 is 0 Å². The first-order valence-corrected chi connectivity index (χ1v) is 6.21. The lowest BCUT2D eigenvalue weighted by atomic mass is 10.0. The molecule has 0 saturated heterocycles. The summed E-state index contributed by atoms with van der Waals surface area (Å²) in [5.74, 6) is 0.599. The molecule has 1 unspecified atom stereocenters. The van der Waals surface area contributed by atoms with Gasteiger partial charge < -0.3 is 5.73 Å². The molecule has 1 aromatic rings. The molecular formula is C11H20BrN3. The van der Waals surface area contributed by atoms with Crippen LogP contribution in [0.15, 0.2) is 10.7 Å². The first kappa shape index (κ1) is 12.7. The summed E-state index contributed by atoms with van der Waals surface area (Å²) in [4.78, 5) is 0. The number of nitrogens with two attached hydrogens (primary N) is 1. The van der Waals surface area contributed by atoms with Gasteiger partial charge in [-0.05, 0) is 42.1 Å². The zero-order valence-electron chi connectivity index (χ0n) is 9.87. The molecule has 0 saturated carbocycles. The second kappa shape index (κ2) is 5.12. The van der Waals surface area contributed by atoms with E-state index in [1.807, 2.05) is 10.9 Å². The second-order valence-electron chi connectivity index (χ2n) is 4.65. The van der Waals surface area contributed by atoms with E-state index in [1.54, 1.807) is 0 Å². The molecule has 0 spiro atoms. The molecule has 2 N–H and O–H groups in total. The summed E-state index contributed by atoms with van der Waals surface area (Å²) in [6.07, 6.45) is 2.81. The number of nitrogens with zero attached hydrogens (tertiary/aromatic N) is 2. The fourth-order valence-corrected chi connectivity index (χ4v) is 2.30. The van der Waals surface area contributed by atoms with E-state index in [0.29, 0.717) is 12.0 Å². The molecule has 1 aromatic heterocycles. The van der Waals surface area contributed by atoms with E-state index in [0.717, 1.165) is 16.6 Å². The fourth-order valence-electron chi connectivity index (χ4n) is 1.73. The molecule has 0 aliphatic rings. The average Bonchev–Trinajstić information content (AvgIpc) is 2.45. The minimum atomic E-state index is 0.0595. The highest BCUT2D eigenvalue weighted by Gasteiger charge is 2.18. The molecule has 3 nitrogen and oxygen atoms in total. The summed E-state index contributed by atoms with van der Waals surface area (Å²) in [5, 5.41) is 4.33. The van der Waals surface area contributed by atoms with Crippen LogP contribution in [0, 0.1) is 5.92 Å². The van der Waals surface area contributed by atoms with Gasteiger partial charge in [0.05, 0.1) is 16.4 Å². The third-order valence-electron chi connectivity index (χ3n) is 2.35. The standard InChI is InChI=1S/C11H20BrN3/c1-7(2)5-10(13)11-9(12)6-14-15(11)8(3)4/h6-8,10H,5,13H2,1-4H3. The van der Waals surface area contributed by atoms with E-state index < -0.39 is 0 Å². The maximum atomic E-state index is 6.19. The van der Waals surface area contributed by atoms with Crippen molar-refractivity contribution in [2.75, 3.05) is 0 Å². The molecule has 0 aliphatic heterocycles. The molecule has 0 radical (unpaired) electrons. The monoisotopic (exact) mass is 273 g/mol. The minimum Gasteiger partial charge on any atom is -0.323 e. The van der Waals surface area contributed by atoms with Crippen LogP contribution in [0.2, 0.25) is 0 Å². The number of hydrogen-bond acceptors (Lipinski definition) is 2. The van der Waals surface area contributed by atoms with E-state index in [2.05, 4.69) is 48.7 Å². The molecule has 4 heteroatoms. The summed E-state index contributed by atoms with van der Waals surface area (Å²) >= 11 is 3.51. The van der Waals surface area contributed by atoms with Crippen LogP contribution in [-0.4, -0.2) is 9.78 Å². The molecule has 1 atom stereocenters. The van der Waals surface area contributed by atoms with Crippen LogP contribution in [0.25, 0.3) is 0 Å². The lowest BCUT2D eigenvalue weighted by Gasteiger charge is -2.18. The Balaban J connectivity index is 2.95. The Hall–Kier alpha value is -0.350. The van der Waals surface area contributed by atoms with Gasteiger partial charge in [0, 0.05) is 12.1 Å². The Morgan fingerprint density at radius 1 is 1.40 bits per heavy atom. The third kappa shape index (κ3) is 3.05. The number of aromatic nitrogens is 2. The first-order chi connectivity index (χ1) is 6.93. The maximum absolute atomic E-state index is 6.19. The molecule has 0 bridgehead atoms. The number of hydrogen-bond donors (Lipinski definition) is 1. The van der Waals surface area contributed by atoms with Crippen LogP contribution in [0.1, 0.15) is 51.9 Å². The Morgan fingerprint density at radius 2 is 2.00 bits per heavy atom. The quantitative estimate of drug-likeness (QED) is 0.915. The van der Waals surface area contributed by atoms with Crippen molar-refractivity contribution in [2.45, 2.75) is 46.2 Å². The summed E-state index contributed by atoms with van der Waals surface area (Å²) in [6, 6.07) is 0.411. The van der Waals surface area contributed by atoms with Gasteiger partial charge in [-0.3, -0.25) is 4.68 Å². The summed E-state index contributed by atoms with van der Waals surface area (Å²) < 4.78 is 3.02. The van der Waals surface area contributed by atoms with Crippen molar-refractivity contribution in [1.82, 2.24) is 9.78 Å². The molecule has 0 aromatic carbocycles. The smallest absolute Gasteiger partial charge is 0.0696 e. The van der Waals surface area contributed by atoms with Crippen LogP contribution >= 0.6 is 15.9 Å². The summed E-state index contributed by atoms with van der Waals surface area (Å²) in [6.45, 7) is 8.60. The Bertz CT molecular complexity index is 318. The Labute approximate surface area is 100 Å². The van der Waals surface area contributed by atoms with Crippen molar-refractivity contribution in [3.63, 3.8) is 0 Å². The predicted octanol–water partition coefficient (Wildman–Crippen LogP) is 3.27. The highest BCUT2D eigenvalue weighted by Crippen LogP contribution is 2.28. The van der Waals surface area contributed by atoms with E-state index in [1.165, 1.54) is 0 Å². The van der Waals surface area contributed by atoms with Crippen LogP contribution in [0.5, 0.6) is 0 Å². The van der Waals surface area contributed by atoms with Gasteiger partial charge in [-0.25, -0.2) is 0 Å². The van der Waals surface area contributed by atoms with E-state index in [4.69, 9.17) is 5.73 Å². The van der Waals surface area contributed by atoms with Crippen LogP contribution in [0.4, 0.5) is 0 Å². The van der Waals surface area contributed by atoms with E-state index in [9.17, 15) is 0 Å². The molecule has 0 aliphatic carbocycles. The molecule has 1 heterocycles. The molecule has 86 valence electrons. The highest BCUT2D eigenvalue weighted by molar-refractivity contribution is 9.10. The Morgan fingerprint density at radius 3 is 2.47 bits per heavy atom. The summed E-state index contributed by atoms with van der Waals surface area (Å²) in [5.41, 5.74) is 7.30. The van der Waals surface area contributed by atoms with E-state index in [-0.39, 0.29) is 6.04 Å². The minimum absolute atomic E-state index is 0.0595. The topological polar surface area (TPSA) is 43.8 Å². The summed E-state index contributed by atoms with van der Waals surface area (Å²) in [7, 11) is 0. The normalized spacial score (nSPS) is 13.9. The van der Waals surface area contributed by atoms with Crippen molar-refractivity contribution in [3.05, 3.63) is 16.4 Å². The number of rotatable bonds is 4. The van der Waals surface area contributed by atoms with Crippen LogP contribution in [0.3, 0.4) is 0 Å². The van der Waals surface area contributed by atoms with Crippen molar-refractivity contribution in [2.24, 2.45) is 11.7 Å². The molecule has 1 rings (SSSR count). The van der Waals surface area contributed by atoms with Gasteiger partial charge in [-0.1, -0.05) is 13.8 Å². The van der Waals surface area contributed by atoms with Gasteiger partial charge in [0.25, 0.3) is 0 Å².